The van der Waals surface area contributed by atoms with Crippen molar-refractivity contribution in [3.63, 3.8) is 0 Å². The summed E-state index contributed by atoms with van der Waals surface area (Å²) >= 11 is 12.0. The van der Waals surface area contributed by atoms with Crippen LogP contribution in [-0.2, 0) is 9.59 Å². The molecule has 172 valence electrons. The molecule has 0 saturated heterocycles. The maximum atomic E-state index is 13.1. The van der Waals surface area contributed by atoms with Gasteiger partial charge in [-0.1, -0.05) is 35.3 Å². The summed E-state index contributed by atoms with van der Waals surface area (Å²) in [5.41, 5.74) is 6.22. The highest BCUT2D eigenvalue weighted by Gasteiger charge is 2.21. The van der Waals surface area contributed by atoms with Crippen molar-refractivity contribution in [2.75, 3.05) is 16.1 Å². The summed E-state index contributed by atoms with van der Waals surface area (Å²) in [7, 11) is 0. The fourth-order valence-corrected chi connectivity index (χ4v) is 3.77. The Bertz CT molecular complexity index is 1450. The Balaban J connectivity index is 1.63. The Labute approximate surface area is 205 Å². The lowest BCUT2D eigenvalue weighted by Gasteiger charge is -2.13. The van der Waals surface area contributed by atoms with Crippen molar-refractivity contribution in [1.29, 1.82) is 0 Å². The Morgan fingerprint density at radius 2 is 1.47 bits per heavy atom. The van der Waals surface area contributed by atoms with E-state index >= 15 is 0 Å². The van der Waals surface area contributed by atoms with Gasteiger partial charge in [-0.2, -0.15) is 0 Å². The summed E-state index contributed by atoms with van der Waals surface area (Å²) in [5.74, 6) is -2.35. The molecule has 3 aromatic carbocycles. The largest absolute Gasteiger partial charge is 0.328 e. The molecule has 0 saturated carbocycles. The summed E-state index contributed by atoms with van der Waals surface area (Å²) in [6.07, 6.45) is 0. The molecule has 1 heterocycles. The molecule has 0 spiro atoms. The molecule has 1 aromatic heterocycles. The summed E-state index contributed by atoms with van der Waals surface area (Å²) in [4.78, 5) is 38.3. The summed E-state index contributed by atoms with van der Waals surface area (Å²) in [6, 6.07) is 18.5. The molecule has 0 atom stereocenters. The number of hydrogen-bond acceptors (Lipinski definition) is 3. The van der Waals surface area contributed by atoms with Crippen LogP contribution in [0.15, 0.2) is 66.7 Å². The van der Waals surface area contributed by atoms with Crippen molar-refractivity contribution in [2.45, 2.75) is 13.8 Å². The van der Waals surface area contributed by atoms with Crippen LogP contribution >= 0.6 is 23.2 Å². The van der Waals surface area contributed by atoms with E-state index in [4.69, 9.17) is 23.2 Å². The van der Waals surface area contributed by atoms with Gasteiger partial charge in [0.1, 0.15) is 5.69 Å². The number of aromatic nitrogens is 1. The number of nitrogens with zero attached hydrogens (tertiary/aromatic N) is 1. The molecule has 7 nitrogen and oxygen atoms in total. The van der Waals surface area contributed by atoms with Crippen LogP contribution in [0, 0.1) is 13.8 Å². The lowest BCUT2D eigenvalue weighted by molar-refractivity contribution is -0.133. The van der Waals surface area contributed by atoms with E-state index in [9.17, 15) is 14.4 Å². The maximum absolute atomic E-state index is 13.1. The van der Waals surface area contributed by atoms with E-state index in [1.807, 2.05) is 26.0 Å². The van der Waals surface area contributed by atoms with E-state index in [0.717, 1.165) is 11.1 Å². The monoisotopic (exact) mass is 494 g/mol. The minimum absolute atomic E-state index is 0.124. The molecule has 0 radical (unpaired) electrons. The highest BCUT2D eigenvalue weighted by molar-refractivity contribution is 6.42. The Hall–Kier alpha value is -3.81. The molecule has 34 heavy (non-hydrogen) atoms. The number of carbonyl (C=O) groups excluding carboxylic acids is 3. The van der Waals surface area contributed by atoms with Crippen LogP contribution < -0.4 is 16.1 Å². The van der Waals surface area contributed by atoms with Gasteiger partial charge in [0.2, 0.25) is 0 Å². The highest BCUT2D eigenvalue weighted by atomic mass is 35.5. The number of hydrogen-bond donors (Lipinski definition) is 3. The van der Waals surface area contributed by atoms with Gasteiger partial charge in [0, 0.05) is 26.8 Å². The van der Waals surface area contributed by atoms with Gasteiger partial charge >= 0.3 is 11.8 Å². The van der Waals surface area contributed by atoms with Crippen molar-refractivity contribution < 1.29 is 14.4 Å². The van der Waals surface area contributed by atoms with Crippen molar-refractivity contribution in [3.8, 4) is 0 Å². The predicted molar refractivity (Wildman–Crippen MR) is 135 cm³/mol. The highest BCUT2D eigenvalue weighted by Crippen LogP contribution is 2.24. The smallest absolute Gasteiger partial charge is 0.321 e. The summed E-state index contributed by atoms with van der Waals surface area (Å²) in [5, 5.41) is 6.81. The van der Waals surface area contributed by atoms with Crippen LogP contribution in [0.4, 0.5) is 11.4 Å². The van der Waals surface area contributed by atoms with E-state index in [1.165, 1.54) is 10.7 Å². The first-order chi connectivity index (χ1) is 16.2. The first-order valence-electron chi connectivity index (χ1n) is 10.3. The van der Waals surface area contributed by atoms with E-state index < -0.39 is 17.7 Å². The minimum atomic E-state index is -0.965. The summed E-state index contributed by atoms with van der Waals surface area (Å²) in [6.45, 7) is 3.93. The van der Waals surface area contributed by atoms with Crippen LogP contribution in [-0.4, -0.2) is 22.4 Å². The standard InChI is InChI=1S/C25H20Cl2N4O3/c1-14-6-8-20(10-15(14)2)28-23(32)22-12-16-11-18(27)7-9-21(16)31(22)30-25(34)24(33)29-19-5-3-4-17(26)13-19/h3-13H,1-2H3,(H,28,32)(H,29,33)(H,30,34). The number of aryl methyl sites for hydroxylation is 2. The number of benzene rings is 3. The maximum Gasteiger partial charge on any atom is 0.328 e. The summed E-state index contributed by atoms with van der Waals surface area (Å²) < 4.78 is 1.27. The molecule has 0 unspecified atom stereocenters. The minimum Gasteiger partial charge on any atom is -0.321 e. The van der Waals surface area contributed by atoms with Crippen molar-refractivity contribution in [1.82, 2.24) is 4.68 Å². The average molecular weight is 495 g/mol. The number of nitrogens with one attached hydrogen (secondary N) is 3. The van der Waals surface area contributed by atoms with Gasteiger partial charge in [-0.05, 0) is 79.6 Å². The van der Waals surface area contributed by atoms with Crippen LogP contribution in [0.25, 0.3) is 10.9 Å². The third-order valence-corrected chi connectivity index (χ3v) is 5.73. The van der Waals surface area contributed by atoms with Gasteiger partial charge in [0.05, 0.1) is 5.52 Å². The lowest BCUT2D eigenvalue weighted by atomic mass is 10.1. The number of rotatable bonds is 4. The zero-order valence-electron chi connectivity index (χ0n) is 18.3. The molecule has 0 bridgehead atoms. The van der Waals surface area contributed by atoms with Crippen LogP contribution in [0.5, 0.6) is 0 Å². The molecule has 9 heteroatoms. The molecule has 4 rings (SSSR count). The Morgan fingerprint density at radius 1 is 0.735 bits per heavy atom. The van der Waals surface area contributed by atoms with Gasteiger partial charge in [0.25, 0.3) is 5.91 Å². The normalized spacial score (nSPS) is 10.7. The van der Waals surface area contributed by atoms with Crippen molar-refractivity contribution >= 4 is 63.2 Å². The average Bonchev–Trinajstić information content (AvgIpc) is 3.13. The van der Waals surface area contributed by atoms with Gasteiger partial charge < -0.3 is 10.6 Å². The lowest BCUT2D eigenvalue weighted by Crippen LogP contribution is -2.36. The first-order valence-corrected chi connectivity index (χ1v) is 11.0. The molecule has 3 N–H and O–H groups in total. The molecule has 3 amide bonds. The third kappa shape index (κ3) is 5.06. The van der Waals surface area contributed by atoms with Gasteiger partial charge in [-0.15, -0.1) is 0 Å². The fourth-order valence-electron chi connectivity index (χ4n) is 3.39. The predicted octanol–water partition coefficient (Wildman–Crippen LogP) is 5.53. The number of amides is 3. The molecular formula is C25H20Cl2N4O3. The van der Waals surface area contributed by atoms with Crippen LogP contribution in [0.2, 0.25) is 10.0 Å². The zero-order valence-corrected chi connectivity index (χ0v) is 19.8. The zero-order chi connectivity index (χ0) is 24.4. The van der Waals surface area contributed by atoms with Crippen LogP contribution in [0.1, 0.15) is 21.6 Å². The van der Waals surface area contributed by atoms with E-state index in [2.05, 4.69) is 16.1 Å². The van der Waals surface area contributed by atoms with Gasteiger partial charge in [-0.25, -0.2) is 4.68 Å². The Morgan fingerprint density at radius 3 is 2.21 bits per heavy atom. The van der Waals surface area contributed by atoms with E-state index in [-0.39, 0.29) is 5.69 Å². The van der Waals surface area contributed by atoms with E-state index in [0.29, 0.717) is 32.3 Å². The van der Waals surface area contributed by atoms with Gasteiger partial charge in [-0.3, -0.25) is 19.8 Å². The number of carbonyl (C=O) groups is 3. The number of anilines is 2. The fraction of sp³-hybridized carbons (Fsp3) is 0.0800. The topological polar surface area (TPSA) is 92.2 Å². The second-order valence-electron chi connectivity index (χ2n) is 7.73. The molecule has 0 aliphatic rings. The van der Waals surface area contributed by atoms with Gasteiger partial charge in [0.15, 0.2) is 0 Å². The quantitative estimate of drug-likeness (QED) is 0.326. The molecule has 4 aromatic rings. The van der Waals surface area contributed by atoms with E-state index in [1.54, 1.807) is 48.5 Å². The van der Waals surface area contributed by atoms with Crippen molar-refractivity contribution in [2.24, 2.45) is 0 Å². The van der Waals surface area contributed by atoms with Crippen LogP contribution in [0.3, 0.4) is 0 Å². The number of halogens is 2. The molecule has 0 aliphatic heterocycles. The SMILES string of the molecule is Cc1ccc(NC(=O)c2cc3cc(Cl)ccc3n2NC(=O)C(=O)Nc2cccc(Cl)c2)cc1C. The number of fused-ring (bicyclic) bond motifs is 1. The molecule has 0 aliphatic carbocycles. The second-order valence-corrected chi connectivity index (χ2v) is 8.60. The molecule has 0 fully saturated rings. The first kappa shape index (κ1) is 23.4. The third-order valence-electron chi connectivity index (χ3n) is 5.26. The Kier molecular flexibility index (Phi) is 6.58. The van der Waals surface area contributed by atoms with Crippen molar-refractivity contribution in [3.05, 3.63) is 93.6 Å². The molecular weight excluding hydrogens is 475 g/mol. The second kappa shape index (κ2) is 9.59.